The third-order valence-corrected chi connectivity index (χ3v) is 4.37. The van der Waals surface area contributed by atoms with Gasteiger partial charge in [-0.3, -0.25) is 9.67 Å². The summed E-state index contributed by atoms with van der Waals surface area (Å²) in [6.45, 7) is 5.86. The molecule has 1 atom stereocenters. The van der Waals surface area contributed by atoms with Gasteiger partial charge in [0.15, 0.2) is 4.77 Å². The van der Waals surface area contributed by atoms with Crippen LogP contribution >= 0.6 is 12.2 Å². The van der Waals surface area contributed by atoms with E-state index >= 15 is 0 Å². The molecule has 1 saturated carbocycles. The number of aromatic nitrogens is 3. The molecule has 2 fully saturated rings. The zero-order valence-electron chi connectivity index (χ0n) is 11.1. The van der Waals surface area contributed by atoms with Crippen molar-refractivity contribution < 1.29 is 0 Å². The maximum atomic E-state index is 5.39. The number of nitrogens with zero attached hydrogens (tertiary/aromatic N) is 3. The molecule has 4 nitrogen and oxygen atoms in total. The molecule has 1 unspecified atom stereocenters. The van der Waals surface area contributed by atoms with Gasteiger partial charge in [0.25, 0.3) is 0 Å². The first kappa shape index (κ1) is 12.4. The lowest BCUT2D eigenvalue weighted by atomic mass is 10.1. The fraction of sp³-hybridized carbons (Fsp3) is 0.846. The number of H-pyrrole nitrogens is 1. The summed E-state index contributed by atoms with van der Waals surface area (Å²) >= 11 is 5.39. The van der Waals surface area contributed by atoms with Crippen molar-refractivity contribution in [3.8, 4) is 0 Å². The highest BCUT2D eigenvalue weighted by Gasteiger charge is 2.30. The van der Waals surface area contributed by atoms with Crippen LogP contribution in [0, 0.1) is 4.77 Å². The molecular formula is C13H22N4S. The lowest BCUT2D eigenvalue weighted by Gasteiger charge is -2.29. The van der Waals surface area contributed by atoms with Gasteiger partial charge < -0.3 is 4.90 Å². The van der Waals surface area contributed by atoms with Crippen LogP contribution in [0.3, 0.4) is 0 Å². The zero-order chi connectivity index (χ0) is 12.5. The third-order valence-electron chi connectivity index (χ3n) is 4.09. The minimum Gasteiger partial charge on any atom is -0.301 e. The molecule has 1 N–H and O–H groups in total. The molecule has 100 valence electrons. The molecule has 0 radical (unpaired) electrons. The summed E-state index contributed by atoms with van der Waals surface area (Å²) in [6.07, 6.45) is 6.63. The molecule has 1 saturated heterocycles. The highest BCUT2D eigenvalue weighted by atomic mass is 32.1. The van der Waals surface area contributed by atoms with E-state index in [1.165, 1.54) is 51.0 Å². The highest BCUT2D eigenvalue weighted by Crippen LogP contribution is 2.39. The van der Waals surface area contributed by atoms with E-state index in [-0.39, 0.29) is 0 Å². The third kappa shape index (κ3) is 2.52. The molecule has 1 aliphatic heterocycles. The lowest BCUT2D eigenvalue weighted by Crippen LogP contribution is -2.34. The van der Waals surface area contributed by atoms with E-state index in [1.54, 1.807) is 0 Å². The summed E-state index contributed by atoms with van der Waals surface area (Å²) in [6, 6.07) is 0.435. The summed E-state index contributed by atoms with van der Waals surface area (Å²) < 4.78 is 3.04. The number of aromatic amines is 1. The second-order valence-electron chi connectivity index (χ2n) is 5.74. The zero-order valence-corrected chi connectivity index (χ0v) is 11.9. The van der Waals surface area contributed by atoms with Crippen molar-refractivity contribution in [1.82, 2.24) is 19.7 Å². The van der Waals surface area contributed by atoms with E-state index < -0.39 is 0 Å². The Balaban J connectivity index is 1.72. The van der Waals surface area contributed by atoms with Crippen LogP contribution in [-0.2, 0) is 0 Å². The number of likely N-dealkylation sites (tertiary alicyclic amines) is 1. The van der Waals surface area contributed by atoms with E-state index in [0.29, 0.717) is 12.0 Å². The predicted molar refractivity (Wildman–Crippen MR) is 74.4 cm³/mol. The molecule has 1 aromatic heterocycles. The van der Waals surface area contributed by atoms with Crippen LogP contribution in [0.4, 0.5) is 0 Å². The first-order chi connectivity index (χ1) is 8.75. The van der Waals surface area contributed by atoms with Crippen molar-refractivity contribution in [2.75, 3.05) is 19.6 Å². The molecule has 1 aromatic rings. The Morgan fingerprint density at radius 1 is 1.33 bits per heavy atom. The SMILES string of the molecule is CC(CN1CCCCC1)n1c(C2CC2)n[nH]c1=S. The Labute approximate surface area is 113 Å². The standard InChI is InChI=1S/C13H22N4S/c1-10(9-16-7-3-2-4-8-16)17-12(11-5-6-11)14-15-13(17)18/h10-11H,2-9H2,1H3,(H,15,18). The molecule has 0 amide bonds. The van der Waals surface area contributed by atoms with E-state index in [2.05, 4.69) is 26.6 Å². The molecule has 3 rings (SSSR count). The van der Waals surface area contributed by atoms with Crippen molar-refractivity contribution in [3.63, 3.8) is 0 Å². The second kappa shape index (κ2) is 5.13. The predicted octanol–water partition coefficient (Wildman–Crippen LogP) is 2.86. The quantitative estimate of drug-likeness (QED) is 0.851. The van der Waals surface area contributed by atoms with Crippen LogP contribution in [0.15, 0.2) is 0 Å². The number of hydrogen-bond acceptors (Lipinski definition) is 3. The van der Waals surface area contributed by atoms with E-state index in [0.717, 1.165) is 11.3 Å². The summed E-state index contributed by atoms with van der Waals surface area (Å²) in [4.78, 5) is 2.57. The number of nitrogens with one attached hydrogen (secondary N) is 1. The van der Waals surface area contributed by atoms with E-state index in [9.17, 15) is 0 Å². The van der Waals surface area contributed by atoms with Crippen LogP contribution in [-0.4, -0.2) is 39.3 Å². The van der Waals surface area contributed by atoms with Crippen LogP contribution in [0.2, 0.25) is 0 Å². The minimum absolute atomic E-state index is 0.435. The lowest BCUT2D eigenvalue weighted by molar-refractivity contribution is 0.200. The molecular weight excluding hydrogens is 244 g/mol. The summed E-state index contributed by atoms with van der Waals surface area (Å²) in [7, 11) is 0. The molecule has 0 spiro atoms. The molecule has 2 heterocycles. The number of rotatable bonds is 4. The maximum absolute atomic E-state index is 5.39. The van der Waals surface area contributed by atoms with Crippen molar-refractivity contribution in [1.29, 1.82) is 0 Å². The fourth-order valence-electron chi connectivity index (χ4n) is 2.97. The molecule has 1 aliphatic carbocycles. The smallest absolute Gasteiger partial charge is 0.195 e. The molecule has 18 heavy (non-hydrogen) atoms. The van der Waals surface area contributed by atoms with Gasteiger partial charge in [-0.25, -0.2) is 0 Å². The van der Waals surface area contributed by atoms with Crippen molar-refractivity contribution >= 4 is 12.2 Å². The average Bonchev–Trinajstić information content (AvgIpc) is 3.14. The molecule has 5 heteroatoms. The Morgan fingerprint density at radius 3 is 2.72 bits per heavy atom. The van der Waals surface area contributed by atoms with Crippen molar-refractivity contribution in [2.24, 2.45) is 0 Å². The van der Waals surface area contributed by atoms with Gasteiger partial charge >= 0.3 is 0 Å². The van der Waals surface area contributed by atoms with Gasteiger partial charge in [-0.2, -0.15) is 5.10 Å². The van der Waals surface area contributed by atoms with Gasteiger partial charge in [0, 0.05) is 18.5 Å². The molecule has 0 aromatic carbocycles. The monoisotopic (exact) mass is 266 g/mol. The Morgan fingerprint density at radius 2 is 2.06 bits per heavy atom. The Kier molecular flexibility index (Phi) is 3.52. The molecule has 0 bridgehead atoms. The van der Waals surface area contributed by atoms with Gasteiger partial charge in [-0.1, -0.05) is 6.42 Å². The number of hydrogen-bond donors (Lipinski definition) is 1. The van der Waals surface area contributed by atoms with Gasteiger partial charge in [0.1, 0.15) is 5.82 Å². The average molecular weight is 266 g/mol. The fourth-order valence-corrected chi connectivity index (χ4v) is 3.29. The van der Waals surface area contributed by atoms with Gasteiger partial charge in [-0.15, -0.1) is 0 Å². The summed E-state index contributed by atoms with van der Waals surface area (Å²) in [5.74, 6) is 1.84. The summed E-state index contributed by atoms with van der Waals surface area (Å²) in [5.41, 5.74) is 0. The minimum atomic E-state index is 0.435. The largest absolute Gasteiger partial charge is 0.301 e. The van der Waals surface area contributed by atoms with Crippen LogP contribution < -0.4 is 0 Å². The Bertz CT molecular complexity index is 454. The highest BCUT2D eigenvalue weighted by molar-refractivity contribution is 7.71. The Hall–Kier alpha value is -0.680. The van der Waals surface area contributed by atoms with E-state index in [1.807, 2.05) is 0 Å². The normalized spacial score (nSPS) is 23.2. The first-order valence-corrected chi connectivity index (χ1v) is 7.55. The van der Waals surface area contributed by atoms with E-state index in [4.69, 9.17) is 12.2 Å². The second-order valence-corrected chi connectivity index (χ2v) is 6.13. The van der Waals surface area contributed by atoms with Crippen LogP contribution in [0.25, 0.3) is 0 Å². The number of piperidine rings is 1. The van der Waals surface area contributed by atoms with Crippen molar-refractivity contribution in [2.45, 2.75) is 51.0 Å². The van der Waals surface area contributed by atoms with Crippen LogP contribution in [0.5, 0.6) is 0 Å². The summed E-state index contributed by atoms with van der Waals surface area (Å²) in [5, 5.41) is 7.39. The first-order valence-electron chi connectivity index (χ1n) is 7.15. The van der Waals surface area contributed by atoms with Crippen LogP contribution in [0.1, 0.15) is 56.8 Å². The molecule has 2 aliphatic rings. The maximum Gasteiger partial charge on any atom is 0.195 e. The van der Waals surface area contributed by atoms with Gasteiger partial charge in [0.05, 0.1) is 0 Å². The topological polar surface area (TPSA) is 36.9 Å². The van der Waals surface area contributed by atoms with Gasteiger partial charge in [-0.05, 0) is 57.9 Å². The van der Waals surface area contributed by atoms with Crippen molar-refractivity contribution in [3.05, 3.63) is 10.6 Å². The van der Waals surface area contributed by atoms with Gasteiger partial charge in [0.2, 0.25) is 0 Å².